The minimum Gasteiger partial charge on any atom is -0.494 e. The number of aryl methyl sites for hydroxylation is 1. The molecule has 0 fully saturated rings. The van der Waals surface area contributed by atoms with Crippen LogP contribution in [0.25, 0.3) is 16.8 Å². The first-order valence-corrected chi connectivity index (χ1v) is 12.5. The normalized spacial score (nSPS) is 14.0. The Kier molecular flexibility index (Phi) is 5.63. The van der Waals surface area contributed by atoms with E-state index >= 15 is 0 Å². The first-order valence-electron chi connectivity index (χ1n) is 11.3. The van der Waals surface area contributed by atoms with Crippen molar-refractivity contribution < 1.29 is 4.74 Å². The molecule has 5 rings (SSSR count). The van der Waals surface area contributed by atoms with Gasteiger partial charge in [0.05, 0.1) is 22.7 Å². The molecule has 1 aliphatic heterocycles. The third-order valence-corrected chi connectivity index (χ3v) is 8.28. The molecule has 0 N–H and O–H groups in total. The molecule has 0 saturated carbocycles. The Balaban J connectivity index is 1.68. The lowest BCUT2D eigenvalue weighted by molar-refractivity contribution is 0.340. The zero-order valence-electron chi connectivity index (χ0n) is 19.5. The van der Waals surface area contributed by atoms with Gasteiger partial charge in [0, 0.05) is 23.4 Å². The van der Waals surface area contributed by atoms with Gasteiger partial charge >= 0.3 is 0 Å². The summed E-state index contributed by atoms with van der Waals surface area (Å²) in [5.41, 5.74) is 7.07. The van der Waals surface area contributed by atoms with Crippen molar-refractivity contribution in [2.75, 3.05) is 11.5 Å². The molecular weight excluding hydrogens is 444 g/mol. The van der Waals surface area contributed by atoms with Crippen LogP contribution in [0, 0.1) is 11.6 Å². The van der Waals surface area contributed by atoms with Gasteiger partial charge in [-0.2, -0.15) is 0 Å². The first-order chi connectivity index (χ1) is 15.9. The van der Waals surface area contributed by atoms with Gasteiger partial charge in [-0.1, -0.05) is 65.7 Å². The summed E-state index contributed by atoms with van der Waals surface area (Å²) < 4.78 is 8.70. The number of aromatic nitrogens is 1. The molecule has 1 aromatic heterocycles. The van der Waals surface area contributed by atoms with Crippen molar-refractivity contribution in [2.45, 2.75) is 39.8 Å². The molecule has 0 unspecified atom stereocenters. The lowest BCUT2D eigenvalue weighted by Crippen LogP contribution is -2.43. The molecular formula is C28H28N2OS2. The van der Waals surface area contributed by atoms with E-state index in [1.807, 2.05) is 19.1 Å². The lowest BCUT2D eigenvalue weighted by Gasteiger charge is -2.44. The second-order valence-electron chi connectivity index (χ2n) is 8.97. The lowest BCUT2D eigenvalue weighted by atomic mass is 9.86. The fourth-order valence-corrected chi connectivity index (χ4v) is 6.31. The van der Waals surface area contributed by atoms with E-state index in [1.165, 1.54) is 32.8 Å². The van der Waals surface area contributed by atoms with Gasteiger partial charge < -0.3 is 9.64 Å². The van der Waals surface area contributed by atoms with Crippen LogP contribution >= 0.6 is 23.8 Å². The van der Waals surface area contributed by atoms with Crippen molar-refractivity contribution in [1.82, 2.24) is 3.96 Å². The number of ether oxygens (including phenoxy) is 1. The van der Waals surface area contributed by atoms with Crippen molar-refractivity contribution in [1.29, 1.82) is 0 Å². The van der Waals surface area contributed by atoms with E-state index in [-0.39, 0.29) is 5.54 Å². The molecule has 5 heteroatoms. The third-order valence-electron chi connectivity index (χ3n) is 6.32. The third kappa shape index (κ3) is 3.79. The van der Waals surface area contributed by atoms with Gasteiger partial charge in [0.2, 0.25) is 0 Å². The Morgan fingerprint density at radius 1 is 0.970 bits per heavy atom. The highest BCUT2D eigenvalue weighted by molar-refractivity contribution is 7.71. The number of benzene rings is 3. The summed E-state index contributed by atoms with van der Waals surface area (Å²) >= 11 is 7.85. The summed E-state index contributed by atoms with van der Waals surface area (Å²) in [5.74, 6) is 0.879. The molecule has 1 aliphatic rings. The highest BCUT2D eigenvalue weighted by atomic mass is 32.1. The molecule has 0 bridgehead atoms. The van der Waals surface area contributed by atoms with Gasteiger partial charge in [-0.05, 0) is 69.7 Å². The van der Waals surface area contributed by atoms with E-state index in [0.717, 1.165) is 22.6 Å². The van der Waals surface area contributed by atoms with Gasteiger partial charge in [0.1, 0.15) is 10.4 Å². The molecule has 3 aromatic carbocycles. The van der Waals surface area contributed by atoms with Gasteiger partial charge in [-0.25, -0.2) is 0 Å². The Morgan fingerprint density at radius 2 is 1.70 bits per heavy atom. The van der Waals surface area contributed by atoms with Crippen molar-refractivity contribution in [3.63, 3.8) is 0 Å². The number of anilines is 1. The van der Waals surface area contributed by atoms with E-state index in [1.54, 1.807) is 11.5 Å². The van der Waals surface area contributed by atoms with Crippen LogP contribution in [0.3, 0.4) is 0 Å². The molecule has 33 heavy (non-hydrogen) atoms. The SMILES string of the molecule is CCOc1ccc(-n2sc3c(c2=S)-c2cc(C)ccc2N(Cc2ccccc2)C3(C)C)cc1. The second kappa shape index (κ2) is 8.47. The second-order valence-corrected chi connectivity index (χ2v) is 10.3. The first kappa shape index (κ1) is 21.9. The highest BCUT2D eigenvalue weighted by Crippen LogP contribution is 2.51. The van der Waals surface area contributed by atoms with Gasteiger partial charge in [0.25, 0.3) is 0 Å². The van der Waals surface area contributed by atoms with E-state index < -0.39 is 0 Å². The Morgan fingerprint density at radius 3 is 2.39 bits per heavy atom. The van der Waals surface area contributed by atoms with Crippen LogP contribution in [0.1, 0.15) is 36.8 Å². The Hall–Kier alpha value is -2.89. The number of hydrogen-bond donors (Lipinski definition) is 0. The number of rotatable bonds is 5. The standard InChI is InChI=1S/C28H28N2OS2/c1-5-31-22-14-12-21(13-15-22)30-27(32)25-23-17-19(2)11-16-24(23)29(28(3,4)26(25)33-30)18-20-9-7-6-8-10-20/h6-17H,5,18H2,1-4H3. The summed E-state index contributed by atoms with van der Waals surface area (Å²) in [6.07, 6.45) is 0. The van der Waals surface area contributed by atoms with Crippen molar-refractivity contribution in [2.24, 2.45) is 0 Å². The average molecular weight is 473 g/mol. The zero-order chi connectivity index (χ0) is 23.2. The maximum atomic E-state index is 6.09. The molecule has 0 radical (unpaired) electrons. The van der Waals surface area contributed by atoms with Crippen LogP contribution < -0.4 is 9.64 Å². The van der Waals surface area contributed by atoms with E-state index in [2.05, 4.69) is 90.3 Å². The molecule has 2 heterocycles. The molecule has 0 amide bonds. The predicted molar refractivity (Wildman–Crippen MR) is 141 cm³/mol. The summed E-state index contributed by atoms with van der Waals surface area (Å²) in [4.78, 5) is 3.82. The number of fused-ring (bicyclic) bond motifs is 3. The van der Waals surface area contributed by atoms with Gasteiger partial charge in [-0.3, -0.25) is 3.96 Å². The van der Waals surface area contributed by atoms with E-state index in [9.17, 15) is 0 Å². The van der Waals surface area contributed by atoms with Crippen LogP contribution in [-0.4, -0.2) is 10.6 Å². The zero-order valence-corrected chi connectivity index (χ0v) is 21.1. The summed E-state index contributed by atoms with van der Waals surface area (Å²) in [6.45, 7) is 10.3. The molecule has 3 nitrogen and oxygen atoms in total. The summed E-state index contributed by atoms with van der Waals surface area (Å²) in [5, 5.41) is 0. The number of nitrogens with zero attached hydrogens (tertiary/aromatic N) is 2. The van der Waals surface area contributed by atoms with E-state index in [4.69, 9.17) is 17.0 Å². The monoisotopic (exact) mass is 472 g/mol. The average Bonchev–Trinajstić information content (AvgIpc) is 3.17. The van der Waals surface area contributed by atoms with Crippen LogP contribution in [0.4, 0.5) is 5.69 Å². The van der Waals surface area contributed by atoms with Crippen LogP contribution in [0.2, 0.25) is 0 Å². The number of hydrogen-bond acceptors (Lipinski definition) is 4. The van der Waals surface area contributed by atoms with Crippen LogP contribution in [0.15, 0.2) is 72.8 Å². The van der Waals surface area contributed by atoms with Gasteiger partial charge in [0.15, 0.2) is 0 Å². The maximum Gasteiger partial charge on any atom is 0.129 e. The quantitative estimate of drug-likeness (QED) is 0.275. The smallest absolute Gasteiger partial charge is 0.129 e. The molecule has 4 aromatic rings. The predicted octanol–water partition coefficient (Wildman–Crippen LogP) is 7.90. The summed E-state index contributed by atoms with van der Waals surface area (Å²) in [6, 6.07) is 25.7. The molecule has 0 aliphatic carbocycles. The summed E-state index contributed by atoms with van der Waals surface area (Å²) in [7, 11) is 0. The van der Waals surface area contributed by atoms with Crippen molar-refractivity contribution in [3.05, 3.63) is 93.4 Å². The maximum absolute atomic E-state index is 6.09. The van der Waals surface area contributed by atoms with Crippen LogP contribution in [-0.2, 0) is 12.1 Å². The van der Waals surface area contributed by atoms with Crippen LogP contribution in [0.5, 0.6) is 5.75 Å². The fourth-order valence-electron chi connectivity index (χ4n) is 4.60. The molecule has 0 atom stereocenters. The Labute approximate surface area is 205 Å². The molecule has 168 valence electrons. The van der Waals surface area contributed by atoms with Crippen molar-refractivity contribution in [3.8, 4) is 22.6 Å². The fraction of sp³-hybridized carbons (Fsp3) is 0.250. The minimum atomic E-state index is -0.206. The Bertz CT molecular complexity index is 1350. The van der Waals surface area contributed by atoms with Gasteiger partial charge in [-0.15, -0.1) is 0 Å². The highest BCUT2D eigenvalue weighted by Gasteiger charge is 2.40. The largest absolute Gasteiger partial charge is 0.494 e. The molecule has 0 saturated heterocycles. The minimum absolute atomic E-state index is 0.206. The van der Waals surface area contributed by atoms with Crippen molar-refractivity contribution >= 4 is 29.4 Å². The topological polar surface area (TPSA) is 17.4 Å². The van der Waals surface area contributed by atoms with E-state index in [0.29, 0.717) is 6.61 Å². The molecule has 0 spiro atoms.